The van der Waals surface area contributed by atoms with Crippen molar-refractivity contribution < 1.29 is 19.1 Å². The highest BCUT2D eigenvalue weighted by Gasteiger charge is 2.10. The van der Waals surface area contributed by atoms with E-state index in [-0.39, 0.29) is 12.5 Å². The van der Waals surface area contributed by atoms with Crippen LogP contribution < -0.4 is 5.32 Å². The molecule has 114 valence electrons. The van der Waals surface area contributed by atoms with Gasteiger partial charge in [-0.05, 0) is 29.8 Å². The molecule has 2 aromatic carbocycles. The Morgan fingerprint density at radius 1 is 1.05 bits per heavy atom. The second-order valence-corrected chi connectivity index (χ2v) is 4.62. The van der Waals surface area contributed by atoms with Crippen LogP contribution in [0.5, 0.6) is 0 Å². The van der Waals surface area contributed by atoms with Crippen LogP contribution in [0.25, 0.3) is 0 Å². The second-order valence-electron chi connectivity index (χ2n) is 4.62. The van der Waals surface area contributed by atoms with Gasteiger partial charge < -0.3 is 14.8 Å². The van der Waals surface area contributed by atoms with Gasteiger partial charge in [-0.3, -0.25) is 4.79 Å². The van der Waals surface area contributed by atoms with Crippen molar-refractivity contribution >= 4 is 17.6 Å². The summed E-state index contributed by atoms with van der Waals surface area (Å²) in [6.45, 7) is 0.0812. The number of ether oxygens (including phenoxy) is 2. The standard InChI is InChI=1S/C17H17NO4/c1-21-11-13-6-5-7-14(10-13)17(20)22-12-16(19)18-15-8-3-2-4-9-15/h2-10H,11-12H2,1H3,(H,18,19). The molecule has 0 fully saturated rings. The average Bonchev–Trinajstić information content (AvgIpc) is 2.54. The van der Waals surface area contributed by atoms with Gasteiger partial charge in [-0.1, -0.05) is 30.3 Å². The van der Waals surface area contributed by atoms with E-state index in [1.807, 2.05) is 24.3 Å². The van der Waals surface area contributed by atoms with Gasteiger partial charge in [0.25, 0.3) is 5.91 Å². The van der Waals surface area contributed by atoms with Crippen molar-refractivity contribution in [2.75, 3.05) is 19.0 Å². The summed E-state index contributed by atoms with van der Waals surface area (Å²) in [6.07, 6.45) is 0. The largest absolute Gasteiger partial charge is 0.452 e. The van der Waals surface area contributed by atoms with Crippen LogP contribution in [0.3, 0.4) is 0 Å². The van der Waals surface area contributed by atoms with Gasteiger partial charge in [-0.2, -0.15) is 0 Å². The summed E-state index contributed by atoms with van der Waals surface area (Å²) < 4.78 is 10.0. The number of hydrogen-bond acceptors (Lipinski definition) is 4. The fourth-order valence-corrected chi connectivity index (χ4v) is 1.89. The molecule has 0 aliphatic carbocycles. The Morgan fingerprint density at radius 2 is 1.82 bits per heavy atom. The lowest BCUT2D eigenvalue weighted by Crippen LogP contribution is -2.20. The Bertz CT molecular complexity index is 640. The number of para-hydroxylation sites is 1. The first-order chi connectivity index (χ1) is 10.7. The molecular weight excluding hydrogens is 282 g/mol. The molecule has 1 N–H and O–H groups in total. The Labute approximate surface area is 128 Å². The molecular formula is C17H17NO4. The van der Waals surface area contributed by atoms with Crippen LogP contribution in [0, 0.1) is 0 Å². The Morgan fingerprint density at radius 3 is 2.55 bits per heavy atom. The number of hydrogen-bond donors (Lipinski definition) is 1. The zero-order chi connectivity index (χ0) is 15.8. The lowest BCUT2D eigenvalue weighted by molar-refractivity contribution is -0.119. The molecule has 2 aromatic rings. The van der Waals surface area contributed by atoms with Crippen LogP contribution in [0.1, 0.15) is 15.9 Å². The number of benzene rings is 2. The maximum absolute atomic E-state index is 11.9. The number of esters is 1. The lowest BCUT2D eigenvalue weighted by Gasteiger charge is -2.07. The van der Waals surface area contributed by atoms with Crippen LogP contribution in [-0.4, -0.2) is 25.6 Å². The third kappa shape index (κ3) is 4.71. The van der Waals surface area contributed by atoms with E-state index >= 15 is 0 Å². The summed E-state index contributed by atoms with van der Waals surface area (Å²) in [5, 5.41) is 2.64. The number of anilines is 1. The van der Waals surface area contributed by atoms with E-state index in [4.69, 9.17) is 9.47 Å². The van der Waals surface area contributed by atoms with Crippen molar-refractivity contribution in [3.05, 3.63) is 65.7 Å². The zero-order valence-corrected chi connectivity index (χ0v) is 12.2. The van der Waals surface area contributed by atoms with Gasteiger partial charge >= 0.3 is 5.97 Å². The molecule has 22 heavy (non-hydrogen) atoms. The molecule has 2 rings (SSSR count). The van der Waals surface area contributed by atoms with Crippen molar-refractivity contribution in [1.29, 1.82) is 0 Å². The monoisotopic (exact) mass is 299 g/mol. The first-order valence-corrected chi connectivity index (χ1v) is 6.79. The third-order valence-corrected chi connectivity index (χ3v) is 2.87. The van der Waals surface area contributed by atoms with Crippen molar-refractivity contribution in [2.24, 2.45) is 0 Å². The highest BCUT2D eigenvalue weighted by Crippen LogP contribution is 2.08. The Kier molecular flexibility index (Phi) is 5.68. The molecule has 0 spiro atoms. The van der Waals surface area contributed by atoms with Crippen LogP contribution in [0.15, 0.2) is 54.6 Å². The van der Waals surface area contributed by atoms with E-state index in [1.165, 1.54) is 0 Å². The van der Waals surface area contributed by atoms with Gasteiger partial charge in [0.05, 0.1) is 12.2 Å². The molecule has 0 aliphatic rings. The van der Waals surface area contributed by atoms with Crippen LogP contribution in [-0.2, 0) is 20.9 Å². The molecule has 5 nitrogen and oxygen atoms in total. The summed E-state index contributed by atoms with van der Waals surface area (Å²) in [7, 11) is 1.58. The van der Waals surface area contributed by atoms with Crippen molar-refractivity contribution in [3.8, 4) is 0 Å². The summed E-state index contributed by atoms with van der Waals surface area (Å²) in [6, 6.07) is 15.9. The van der Waals surface area contributed by atoms with Crippen molar-refractivity contribution in [3.63, 3.8) is 0 Å². The zero-order valence-electron chi connectivity index (χ0n) is 12.2. The normalized spacial score (nSPS) is 10.0. The average molecular weight is 299 g/mol. The number of methoxy groups -OCH3 is 1. The predicted octanol–water partition coefficient (Wildman–Crippen LogP) is 2.63. The molecule has 0 unspecified atom stereocenters. The topological polar surface area (TPSA) is 64.6 Å². The predicted molar refractivity (Wildman–Crippen MR) is 82.5 cm³/mol. The van der Waals surface area contributed by atoms with E-state index in [1.54, 1.807) is 37.4 Å². The molecule has 0 bridgehead atoms. The number of rotatable bonds is 6. The maximum Gasteiger partial charge on any atom is 0.338 e. The maximum atomic E-state index is 11.9. The van der Waals surface area contributed by atoms with E-state index < -0.39 is 5.97 Å². The number of carbonyl (C=O) groups excluding carboxylic acids is 2. The molecule has 0 saturated heterocycles. The van der Waals surface area contributed by atoms with E-state index in [2.05, 4.69) is 5.32 Å². The highest BCUT2D eigenvalue weighted by molar-refractivity contribution is 5.95. The molecule has 0 heterocycles. The Hall–Kier alpha value is -2.66. The fourth-order valence-electron chi connectivity index (χ4n) is 1.89. The summed E-state index contributed by atoms with van der Waals surface area (Å²) in [5.74, 6) is -0.922. The first kappa shape index (κ1) is 15.7. The van der Waals surface area contributed by atoms with Gasteiger partial charge in [-0.15, -0.1) is 0 Å². The first-order valence-electron chi connectivity index (χ1n) is 6.79. The van der Waals surface area contributed by atoms with Crippen LogP contribution >= 0.6 is 0 Å². The minimum Gasteiger partial charge on any atom is -0.452 e. The second kappa shape index (κ2) is 7.95. The molecule has 0 atom stereocenters. The van der Waals surface area contributed by atoms with E-state index in [0.29, 0.717) is 17.9 Å². The number of amides is 1. The SMILES string of the molecule is COCc1cccc(C(=O)OCC(=O)Nc2ccccc2)c1. The minimum atomic E-state index is -0.541. The van der Waals surface area contributed by atoms with E-state index in [0.717, 1.165) is 5.56 Å². The molecule has 0 aliphatic heterocycles. The lowest BCUT2D eigenvalue weighted by atomic mass is 10.1. The van der Waals surface area contributed by atoms with Crippen LogP contribution in [0.2, 0.25) is 0 Å². The molecule has 0 saturated carbocycles. The third-order valence-electron chi connectivity index (χ3n) is 2.87. The summed E-state index contributed by atoms with van der Waals surface area (Å²) >= 11 is 0. The Balaban J connectivity index is 1.87. The fraction of sp³-hybridized carbons (Fsp3) is 0.176. The van der Waals surface area contributed by atoms with Gasteiger partial charge in [0.15, 0.2) is 6.61 Å². The summed E-state index contributed by atoms with van der Waals surface area (Å²) in [5.41, 5.74) is 1.92. The molecule has 0 aromatic heterocycles. The van der Waals surface area contributed by atoms with Gasteiger partial charge in [-0.25, -0.2) is 4.79 Å². The molecule has 0 radical (unpaired) electrons. The van der Waals surface area contributed by atoms with Gasteiger partial charge in [0, 0.05) is 12.8 Å². The van der Waals surface area contributed by atoms with Gasteiger partial charge in [0.2, 0.25) is 0 Å². The van der Waals surface area contributed by atoms with Crippen LogP contribution in [0.4, 0.5) is 5.69 Å². The molecule has 1 amide bonds. The smallest absolute Gasteiger partial charge is 0.338 e. The number of nitrogens with one attached hydrogen (secondary N) is 1. The highest BCUT2D eigenvalue weighted by atomic mass is 16.5. The van der Waals surface area contributed by atoms with Gasteiger partial charge in [0.1, 0.15) is 0 Å². The molecule has 5 heteroatoms. The quantitative estimate of drug-likeness (QED) is 0.833. The number of carbonyl (C=O) groups is 2. The van der Waals surface area contributed by atoms with Crippen molar-refractivity contribution in [1.82, 2.24) is 0 Å². The van der Waals surface area contributed by atoms with E-state index in [9.17, 15) is 9.59 Å². The van der Waals surface area contributed by atoms with Crippen molar-refractivity contribution in [2.45, 2.75) is 6.61 Å². The summed E-state index contributed by atoms with van der Waals surface area (Å²) in [4.78, 5) is 23.6. The minimum absolute atomic E-state index is 0.331.